The van der Waals surface area contributed by atoms with Crippen molar-refractivity contribution in [2.45, 2.75) is 20.4 Å². The number of carbonyl (C=O) groups is 2. The third-order valence-electron chi connectivity index (χ3n) is 5.22. The molecular weight excluding hydrogens is 384 g/mol. The highest BCUT2D eigenvalue weighted by Gasteiger charge is 2.25. The maximum absolute atomic E-state index is 12.8. The zero-order chi connectivity index (χ0) is 20.4. The van der Waals surface area contributed by atoms with Crippen LogP contribution in [0.5, 0.6) is 0 Å². The molecule has 2 aromatic heterocycles. The lowest BCUT2D eigenvalue weighted by Crippen LogP contribution is -2.50. The second-order valence-electron chi connectivity index (χ2n) is 7.34. The smallest absolute Gasteiger partial charge is 0.264 e. The first-order valence-electron chi connectivity index (χ1n) is 9.73. The number of carbonyl (C=O) groups excluding carboxylic acids is 2. The Hall–Kier alpha value is -2.93. The lowest BCUT2D eigenvalue weighted by Gasteiger charge is -2.34. The Morgan fingerprint density at radius 3 is 2.17 bits per heavy atom. The fourth-order valence-corrected chi connectivity index (χ4v) is 4.30. The van der Waals surface area contributed by atoms with E-state index in [1.54, 1.807) is 0 Å². The van der Waals surface area contributed by atoms with E-state index >= 15 is 0 Å². The molecule has 3 heterocycles. The maximum atomic E-state index is 12.8. The molecule has 0 saturated carbocycles. The molecule has 0 atom stereocenters. The Morgan fingerprint density at radius 2 is 1.62 bits per heavy atom. The first-order chi connectivity index (χ1) is 14.0. The van der Waals surface area contributed by atoms with Crippen molar-refractivity contribution in [1.29, 1.82) is 0 Å². The van der Waals surface area contributed by atoms with E-state index < -0.39 is 0 Å². The van der Waals surface area contributed by atoms with Crippen LogP contribution in [-0.2, 0) is 6.54 Å². The van der Waals surface area contributed by atoms with Crippen LogP contribution in [0.3, 0.4) is 0 Å². The summed E-state index contributed by atoms with van der Waals surface area (Å²) in [6.45, 7) is 6.97. The fraction of sp³-hybridized carbons (Fsp3) is 0.318. The molecule has 1 fully saturated rings. The highest BCUT2D eigenvalue weighted by Crippen LogP contribution is 2.16. The summed E-state index contributed by atoms with van der Waals surface area (Å²) in [6, 6.07) is 13.5. The van der Waals surface area contributed by atoms with Gasteiger partial charge in [-0.05, 0) is 49.1 Å². The van der Waals surface area contributed by atoms with Crippen molar-refractivity contribution in [3.63, 3.8) is 0 Å². The largest absolute Gasteiger partial charge is 0.335 e. The van der Waals surface area contributed by atoms with Crippen molar-refractivity contribution in [2.75, 3.05) is 26.2 Å². The Kier molecular flexibility index (Phi) is 5.49. The van der Waals surface area contributed by atoms with E-state index in [1.807, 2.05) is 70.1 Å². The summed E-state index contributed by atoms with van der Waals surface area (Å²) in [6.07, 6.45) is 0. The standard InChI is InChI=1S/C22H24N4O2S/c1-16-14-17(2)26(23-16)15-18-5-7-19(8-6-18)21(27)24-9-11-25(12-10-24)22(28)20-4-3-13-29-20/h3-8,13-14H,9-12,15H2,1-2H3. The molecular formula is C22H24N4O2S. The van der Waals surface area contributed by atoms with Crippen LogP contribution in [0.2, 0.25) is 0 Å². The fourth-order valence-electron chi connectivity index (χ4n) is 3.61. The van der Waals surface area contributed by atoms with E-state index in [4.69, 9.17) is 0 Å². The monoisotopic (exact) mass is 408 g/mol. The summed E-state index contributed by atoms with van der Waals surface area (Å²) < 4.78 is 1.97. The van der Waals surface area contributed by atoms with E-state index in [-0.39, 0.29) is 11.8 Å². The van der Waals surface area contributed by atoms with Crippen LogP contribution in [0.15, 0.2) is 47.8 Å². The van der Waals surface area contributed by atoms with Crippen LogP contribution in [-0.4, -0.2) is 57.6 Å². The SMILES string of the molecule is Cc1cc(C)n(Cc2ccc(C(=O)N3CCN(C(=O)c4cccs4)CC3)cc2)n1. The molecule has 7 heteroatoms. The minimum Gasteiger partial charge on any atom is -0.335 e. The average molecular weight is 409 g/mol. The number of aryl methyl sites for hydroxylation is 2. The molecule has 0 spiro atoms. The number of nitrogens with zero attached hydrogens (tertiary/aromatic N) is 4. The van der Waals surface area contributed by atoms with Crippen molar-refractivity contribution in [2.24, 2.45) is 0 Å². The summed E-state index contributed by atoms with van der Waals surface area (Å²) in [4.78, 5) is 29.7. The average Bonchev–Trinajstić information content (AvgIpc) is 3.37. The van der Waals surface area contributed by atoms with Crippen molar-refractivity contribution in [1.82, 2.24) is 19.6 Å². The molecule has 2 amide bonds. The van der Waals surface area contributed by atoms with Gasteiger partial charge in [-0.2, -0.15) is 5.10 Å². The second-order valence-corrected chi connectivity index (χ2v) is 8.29. The van der Waals surface area contributed by atoms with Crippen molar-refractivity contribution in [3.05, 3.63) is 75.2 Å². The predicted molar refractivity (Wildman–Crippen MR) is 113 cm³/mol. The minimum atomic E-state index is 0.0193. The molecule has 1 aliphatic heterocycles. The molecule has 1 saturated heterocycles. The predicted octanol–water partition coefficient (Wildman–Crippen LogP) is 3.21. The normalized spacial score (nSPS) is 14.3. The second kappa shape index (κ2) is 8.21. The van der Waals surface area contributed by atoms with Crippen LogP contribution >= 0.6 is 11.3 Å². The lowest BCUT2D eigenvalue weighted by molar-refractivity contribution is 0.0538. The third kappa shape index (κ3) is 4.24. The van der Waals surface area contributed by atoms with Gasteiger partial charge in [0.1, 0.15) is 0 Å². The van der Waals surface area contributed by atoms with E-state index in [2.05, 4.69) is 11.2 Å². The highest BCUT2D eigenvalue weighted by molar-refractivity contribution is 7.12. The molecule has 150 valence electrons. The third-order valence-corrected chi connectivity index (χ3v) is 6.08. The first kappa shape index (κ1) is 19.4. The quantitative estimate of drug-likeness (QED) is 0.666. The topological polar surface area (TPSA) is 58.4 Å². The van der Waals surface area contributed by atoms with Gasteiger partial charge in [-0.1, -0.05) is 18.2 Å². The molecule has 0 aliphatic carbocycles. The molecule has 0 bridgehead atoms. The van der Waals surface area contributed by atoms with E-state index in [9.17, 15) is 9.59 Å². The molecule has 1 aromatic carbocycles. The molecule has 0 radical (unpaired) electrons. The van der Waals surface area contributed by atoms with Gasteiger partial charge < -0.3 is 9.80 Å². The minimum absolute atomic E-state index is 0.0193. The summed E-state index contributed by atoms with van der Waals surface area (Å²) in [5.41, 5.74) is 3.92. The number of aromatic nitrogens is 2. The number of piperazine rings is 1. The van der Waals surface area contributed by atoms with Crippen molar-refractivity contribution >= 4 is 23.2 Å². The van der Waals surface area contributed by atoms with Gasteiger partial charge in [0.25, 0.3) is 11.8 Å². The molecule has 3 aromatic rings. The van der Waals surface area contributed by atoms with Crippen molar-refractivity contribution < 1.29 is 9.59 Å². The van der Waals surface area contributed by atoms with E-state index in [0.717, 1.165) is 21.8 Å². The number of thiophene rings is 1. The summed E-state index contributed by atoms with van der Waals surface area (Å²) >= 11 is 1.45. The molecule has 6 nitrogen and oxygen atoms in total. The van der Waals surface area contributed by atoms with Crippen LogP contribution in [0.25, 0.3) is 0 Å². The van der Waals surface area contributed by atoms with Gasteiger partial charge in [0.2, 0.25) is 0 Å². The van der Waals surface area contributed by atoms with Gasteiger partial charge in [-0.3, -0.25) is 14.3 Å². The lowest BCUT2D eigenvalue weighted by atomic mass is 10.1. The Labute approximate surface area is 174 Å². The van der Waals surface area contributed by atoms with Gasteiger partial charge in [0, 0.05) is 37.4 Å². The Balaban J connectivity index is 1.35. The van der Waals surface area contributed by atoms with Crippen LogP contribution in [0.1, 0.15) is 37.0 Å². The Bertz CT molecular complexity index is 1000. The zero-order valence-electron chi connectivity index (χ0n) is 16.7. The van der Waals surface area contributed by atoms with Gasteiger partial charge in [-0.15, -0.1) is 11.3 Å². The number of hydrogen-bond donors (Lipinski definition) is 0. The van der Waals surface area contributed by atoms with Gasteiger partial charge in [0.05, 0.1) is 17.1 Å². The van der Waals surface area contributed by atoms with Crippen LogP contribution in [0.4, 0.5) is 0 Å². The van der Waals surface area contributed by atoms with E-state index in [1.165, 1.54) is 11.3 Å². The first-order valence-corrected chi connectivity index (χ1v) is 10.6. The molecule has 29 heavy (non-hydrogen) atoms. The maximum Gasteiger partial charge on any atom is 0.264 e. The number of benzene rings is 1. The summed E-state index contributed by atoms with van der Waals surface area (Å²) in [5, 5.41) is 6.39. The summed E-state index contributed by atoms with van der Waals surface area (Å²) in [5.74, 6) is 0.0755. The van der Waals surface area contributed by atoms with Gasteiger partial charge >= 0.3 is 0 Å². The highest BCUT2D eigenvalue weighted by atomic mass is 32.1. The van der Waals surface area contributed by atoms with Crippen molar-refractivity contribution in [3.8, 4) is 0 Å². The summed E-state index contributed by atoms with van der Waals surface area (Å²) in [7, 11) is 0. The van der Waals surface area contributed by atoms with Gasteiger partial charge in [-0.25, -0.2) is 0 Å². The molecule has 4 rings (SSSR count). The molecule has 0 unspecified atom stereocenters. The molecule has 1 aliphatic rings. The van der Waals surface area contributed by atoms with Gasteiger partial charge in [0.15, 0.2) is 0 Å². The zero-order valence-corrected chi connectivity index (χ0v) is 17.5. The van der Waals surface area contributed by atoms with E-state index in [0.29, 0.717) is 38.3 Å². The molecule has 0 N–H and O–H groups in total. The van der Waals surface area contributed by atoms with Crippen LogP contribution in [0, 0.1) is 13.8 Å². The Morgan fingerprint density at radius 1 is 0.966 bits per heavy atom. The number of amides is 2. The number of rotatable bonds is 4. The number of hydrogen-bond acceptors (Lipinski definition) is 4. The van der Waals surface area contributed by atoms with Crippen LogP contribution < -0.4 is 0 Å².